The zero-order chi connectivity index (χ0) is 24.7. The minimum absolute atomic E-state index is 0.0368. The number of aromatic nitrogens is 1. The lowest BCUT2D eigenvalue weighted by molar-refractivity contribution is -0.122. The highest BCUT2D eigenvalue weighted by atomic mass is 16.5. The van der Waals surface area contributed by atoms with E-state index in [0.717, 1.165) is 40.9 Å². The first kappa shape index (κ1) is 22.7. The van der Waals surface area contributed by atoms with Gasteiger partial charge in [0, 0.05) is 41.9 Å². The van der Waals surface area contributed by atoms with Gasteiger partial charge in [0.05, 0.1) is 25.3 Å². The molecule has 2 aromatic carbocycles. The molecule has 0 bridgehead atoms. The fourth-order valence-corrected chi connectivity index (χ4v) is 5.06. The minimum Gasteiger partial charge on any atom is -0.484 e. The van der Waals surface area contributed by atoms with E-state index in [1.165, 1.54) is 0 Å². The number of nitrogens with zero attached hydrogens (tertiary/aromatic N) is 1. The van der Waals surface area contributed by atoms with E-state index in [9.17, 15) is 9.59 Å². The SMILES string of the molecule is Cc1ccc(NC(=O)c2ccnc(C3CC3)c2)cc1-c1ccc2c(c1)OC1(CCOCC1)CC(=O)N2. The van der Waals surface area contributed by atoms with Crippen molar-refractivity contribution in [2.75, 3.05) is 23.8 Å². The normalized spacial score (nSPS) is 18.5. The zero-order valence-corrected chi connectivity index (χ0v) is 20.3. The van der Waals surface area contributed by atoms with Crippen LogP contribution < -0.4 is 15.4 Å². The van der Waals surface area contributed by atoms with Gasteiger partial charge in [-0.15, -0.1) is 0 Å². The molecule has 0 atom stereocenters. The van der Waals surface area contributed by atoms with Crippen LogP contribution in [-0.4, -0.2) is 35.6 Å². The third kappa shape index (κ3) is 4.58. The monoisotopic (exact) mass is 483 g/mol. The molecule has 1 aliphatic carbocycles. The summed E-state index contributed by atoms with van der Waals surface area (Å²) in [5.74, 6) is 0.969. The molecule has 3 aliphatic rings. The second-order valence-corrected chi connectivity index (χ2v) is 10.1. The van der Waals surface area contributed by atoms with E-state index in [0.29, 0.717) is 55.4 Å². The van der Waals surface area contributed by atoms with Crippen LogP contribution in [0.1, 0.15) is 59.6 Å². The number of carbonyl (C=O) groups excluding carboxylic acids is 2. The van der Waals surface area contributed by atoms with Crippen LogP contribution in [0.2, 0.25) is 0 Å². The first-order valence-electron chi connectivity index (χ1n) is 12.6. The number of hydrogen-bond acceptors (Lipinski definition) is 5. The van der Waals surface area contributed by atoms with Gasteiger partial charge in [0.1, 0.15) is 11.4 Å². The Morgan fingerprint density at radius 1 is 1.08 bits per heavy atom. The van der Waals surface area contributed by atoms with Gasteiger partial charge in [0.25, 0.3) is 5.91 Å². The summed E-state index contributed by atoms with van der Waals surface area (Å²) in [5, 5.41) is 6.03. The van der Waals surface area contributed by atoms with E-state index in [1.54, 1.807) is 12.3 Å². The number of benzene rings is 2. The average molecular weight is 484 g/mol. The predicted octanol–water partition coefficient (Wildman–Crippen LogP) is 5.46. The second kappa shape index (κ2) is 9.06. The smallest absolute Gasteiger partial charge is 0.255 e. The Morgan fingerprint density at radius 2 is 1.92 bits per heavy atom. The van der Waals surface area contributed by atoms with Gasteiger partial charge >= 0.3 is 0 Å². The van der Waals surface area contributed by atoms with Crippen molar-refractivity contribution in [2.24, 2.45) is 0 Å². The minimum atomic E-state index is -0.541. The van der Waals surface area contributed by atoms with E-state index in [4.69, 9.17) is 9.47 Å². The molecule has 1 spiro atoms. The van der Waals surface area contributed by atoms with Crippen molar-refractivity contribution in [2.45, 2.75) is 50.5 Å². The molecule has 3 heterocycles. The molecule has 1 saturated heterocycles. The molecule has 2 N–H and O–H groups in total. The second-order valence-electron chi connectivity index (χ2n) is 10.1. The first-order chi connectivity index (χ1) is 17.5. The van der Waals surface area contributed by atoms with Gasteiger partial charge in [0.2, 0.25) is 5.91 Å². The highest BCUT2D eigenvalue weighted by Gasteiger charge is 2.40. The van der Waals surface area contributed by atoms with E-state index in [-0.39, 0.29) is 11.8 Å². The fraction of sp³-hybridized carbons (Fsp3) is 0.345. The van der Waals surface area contributed by atoms with Crippen molar-refractivity contribution in [1.29, 1.82) is 0 Å². The molecule has 3 aromatic rings. The molecular formula is C29H29N3O4. The summed E-state index contributed by atoms with van der Waals surface area (Å²) in [7, 11) is 0. The summed E-state index contributed by atoms with van der Waals surface area (Å²) in [6.07, 6.45) is 5.68. The molecule has 2 amide bonds. The Kier molecular flexibility index (Phi) is 5.72. The number of nitrogens with one attached hydrogen (secondary N) is 2. The van der Waals surface area contributed by atoms with Crippen LogP contribution in [0, 0.1) is 6.92 Å². The summed E-state index contributed by atoms with van der Waals surface area (Å²) in [4.78, 5) is 30.0. The quantitative estimate of drug-likeness (QED) is 0.515. The van der Waals surface area contributed by atoms with E-state index >= 15 is 0 Å². The van der Waals surface area contributed by atoms with Crippen molar-refractivity contribution >= 4 is 23.2 Å². The van der Waals surface area contributed by atoms with Crippen molar-refractivity contribution in [1.82, 2.24) is 4.98 Å². The summed E-state index contributed by atoms with van der Waals surface area (Å²) in [6, 6.07) is 15.4. The van der Waals surface area contributed by atoms with Crippen molar-refractivity contribution in [3.8, 4) is 16.9 Å². The zero-order valence-electron chi connectivity index (χ0n) is 20.3. The van der Waals surface area contributed by atoms with Crippen LogP contribution in [0.3, 0.4) is 0 Å². The van der Waals surface area contributed by atoms with Crippen LogP contribution in [0.15, 0.2) is 54.7 Å². The highest BCUT2D eigenvalue weighted by Crippen LogP contribution is 2.41. The van der Waals surface area contributed by atoms with E-state index in [2.05, 4.69) is 15.6 Å². The molecule has 2 fully saturated rings. The van der Waals surface area contributed by atoms with E-state index in [1.807, 2.05) is 49.4 Å². The van der Waals surface area contributed by atoms with E-state index < -0.39 is 5.60 Å². The lowest BCUT2D eigenvalue weighted by Crippen LogP contribution is -2.43. The highest BCUT2D eigenvalue weighted by molar-refractivity contribution is 6.04. The third-order valence-corrected chi connectivity index (χ3v) is 7.31. The number of carbonyl (C=O) groups is 2. The molecule has 1 saturated carbocycles. The number of ether oxygens (including phenoxy) is 2. The van der Waals surface area contributed by atoms with Gasteiger partial charge in [-0.3, -0.25) is 14.6 Å². The largest absolute Gasteiger partial charge is 0.484 e. The third-order valence-electron chi connectivity index (χ3n) is 7.31. The summed E-state index contributed by atoms with van der Waals surface area (Å²) in [6.45, 7) is 3.21. The molecule has 36 heavy (non-hydrogen) atoms. The van der Waals surface area contributed by atoms with Crippen LogP contribution in [0.25, 0.3) is 11.1 Å². The van der Waals surface area contributed by atoms with Crippen molar-refractivity contribution in [3.05, 3.63) is 71.5 Å². The van der Waals surface area contributed by atoms with Gasteiger partial charge in [-0.2, -0.15) is 0 Å². The molecule has 1 aromatic heterocycles. The molecule has 7 heteroatoms. The molecule has 6 rings (SSSR count). The number of anilines is 2. The Morgan fingerprint density at radius 3 is 2.72 bits per heavy atom. The molecule has 2 aliphatic heterocycles. The van der Waals surface area contributed by atoms with Crippen LogP contribution in [0.4, 0.5) is 11.4 Å². The number of pyridine rings is 1. The van der Waals surface area contributed by atoms with Crippen LogP contribution >= 0.6 is 0 Å². The maximum Gasteiger partial charge on any atom is 0.255 e. The lowest BCUT2D eigenvalue weighted by atomic mass is 9.90. The summed E-state index contributed by atoms with van der Waals surface area (Å²) >= 11 is 0. The average Bonchev–Trinajstić information content (AvgIpc) is 3.73. The number of aryl methyl sites for hydroxylation is 1. The Bertz CT molecular complexity index is 1340. The molecule has 184 valence electrons. The summed E-state index contributed by atoms with van der Waals surface area (Å²) < 4.78 is 12.0. The van der Waals surface area contributed by atoms with Crippen LogP contribution in [-0.2, 0) is 9.53 Å². The van der Waals surface area contributed by atoms with Gasteiger partial charge < -0.3 is 20.1 Å². The Labute approximate surface area is 210 Å². The maximum absolute atomic E-state index is 13.0. The standard InChI is InChI=1S/C29H29N3O4/c1-18-2-6-22(31-28(34)21-8-11-30-25(14-21)19-3-4-19)16-23(18)20-5-7-24-26(15-20)36-29(17-27(33)32-24)9-12-35-13-10-29/h2,5-8,11,14-16,19H,3-4,9-10,12-13,17H2,1H3,(H,31,34)(H,32,33). The van der Waals surface area contributed by atoms with Crippen LogP contribution in [0.5, 0.6) is 5.75 Å². The topological polar surface area (TPSA) is 89.6 Å². The van der Waals surface area contributed by atoms with Crippen molar-refractivity contribution in [3.63, 3.8) is 0 Å². The number of hydrogen-bond donors (Lipinski definition) is 2. The van der Waals surface area contributed by atoms with Crippen molar-refractivity contribution < 1.29 is 19.1 Å². The fourth-order valence-electron chi connectivity index (χ4n) is 5.06. The number of amides is 2. The number of rotatable bonds is 4. The lowest BCUT2D eigenvalue weighted by Gasteiger charge is -2.35. The van der Waals surface area contributed by atoms with Gasteiger partial charge in [0.15, 0.2) is 0 Å². The van der Waals surface area contributed by atoms with Gasteiger partial charge in [-0.1, -0.05) is 12.1 Å². The number of fused-ring (bicyclic) bond motifs is 1. The molecule has 0 radical (unpaired) electrons. The predicted molar refractivity (Wildman–Crippen MR) is 137 cm³/mol. The van der Waals surface area contributed by atoms with Gasteiger partial charge in [-0.25, -0.2) is 0 Å². The summed E-state index contributed by atoms with van der Waals surface area (Å²) in [5.41, 5.74) is 5.49. The molecule has 7 nitrogen and oxygen atoms in total. The Balaban J connectivity index is 1.28. The van der Waals surface area contributed by atoms with Gasteiger partial charge in [-0.05, 0) is 72.9 Å². The Hall–Kier alpha value is -3.71. The molecular weight excluding hydrogens is 454 g/mol. The molecule has 0 unspecified atom stereocenters. The maximum atomic E-state index is 13.0. The first-order valence-corrected chi connectivity index (χ1v) is 12.6.